The van der Waals surface area contributed by atoms with Gasteiger partial charge in [-0.25, -0.2) is 0 Å². The zero-order valence-electron chi connectivity index (χ0n) is 10.8. The normalized spacial score (nSPS) is 14.4. The summed E-state index contributed by atoms with van der Waals surface area (Å²) in [5, 5.41) is 15.2. The number of thiophene rings is 1. The smallest absolute Gasteiger partial charge is 0.0652 e. The van der Waals surface area contributed by atoms with Gasteiger partial charge < -0.3 is 10.4 Å². The van der Waals surface area contributed by atoms with Crippen molar-refractivity contribution in [2.45, 2.75) is 25.9 Å². The molecule has 0 bridgehead atoms. The average molecular weight is 261 g/mol. The van der Waals surface area contributed by atoms with E-state index in [0.29, 0.717) is 0 Å². The van der Waals surface area contributed by atoms with E-state index in [9.17, 15) is 5.11 Å². The van der Waals surface area contributed by atoms with Crippen LogP contribution >= 0.6 is 11.3 Å². The zero-order valence-corrected chi connectivity index (χ0v) is 11.6. The summed E-state index contributed by atoms with van der Waals surface area (Å²) in [5.41, 5.74) is 2.03. The minimum Gasteiger partial charge on any atom is -0.394 e. The zero-order chi connectivity index (χ0) is 13.0. The van der Waals surface area contributed by atoms with Crippen molar-refractivity contribution in [1.29, 1.82) is 0 Å². The summed E-state index contributed by atoms with van der Waals surface area (Å²) in [4.78, 5) is 1.32. The monoisotopic (exact) mass is 261 g/mol. The summed E-state index contributed by atoms with van der Waals surface area (Å²) in [6, 6.07) is 12.2. The molecule has 2 N–H and O–H groups in total. The van der Waals surface area contributed by atoms with Crippen LogP contribution in [-0.4, -0.2) is 11.7 Å². The van der Waals surface area contributed by atoms with Crippen LogP contribution in [0.3, 0.4) is 0 Å². The minimum absolute atomic E-state index is 0.0848. The van der Waals surface area contributed by atoms with Gasteiger partial charge in [-0.1, -0.05) is 30.3 Å². The van der Waals surface area contributed by atoms with E-state index in [2.05, 4.69) is 23.7 Å². The van der Waals surface area contributed by atoms with Gasteiger partial charge in [0.15, 0.2) is 0 Å². The molecule has 0 spiro atoms. The first kappa shape index (κ1) is 13.3. The maximum absolute atomic E-state index is 9.68. The van der Waals surface area contributed by atoms with Gasteiger partial charge in [0.2, 0.25) is 0 Å². The van der Waals surface area contributed by atoms with Crippen molar-refractivity contribution in [2.75, 3.05) is 6.61 Å². The lowest BCUT2D eigenvalue weighted by atomic mass is 9.93. The number of aliphatic hydroxyl groups is 1. The maximum atomic E-state index is 9.68. The van der Waals surface area contributed by atoms with Crippen LogP contribution in [0.15, 0.2) is 41.8 Å². The summed E-state index contributed by atoms with van der Waals surface area (Å²) in [7, 11) is 0. The van der Waals surface area contributed by atoms with Crippen molar-refractivity contribution >= 4 is 11.3 Å². The van der Waals surface area contributed by atoms with Crippen molar-refractivity contribution in [3.05, 3.63) is 57.8 Å². The highest BCUT2D eigenvalue weighted by Crippen LogP contribution is 2.22. The Labute approximate surface area is 112 Å². The third-order valence-corrected chi connectivity index (χ3v) is 4.36. The number of hydrogen-bond acceptors (Lipinski definition) is 3. The van der Waals surface area contributed by atoms with Gasteiger partial charge in [0.1, 0.15) is 0 Å². The SMILES string of the molecule is Cc1ccsc1CNC(C)(CO)c1ccccc1. The Kier molecular flexibility index (Phi) is 4.17. The molecule has 0 radical (unpaired) electrons. The molecule has 0 fully saturated rings. The predicted molar refractivity (Wildman–Crippen MR) is 76.8 cm³/mol. The number of hydrogen-bond donors (Lipinski definition) is 2. The van der Waals surface area contributed by atoms with Gasteiger partial charge in [-0.2, -0.15) is 0 Å². The van der Waals surface area contributed by atoms with Crippen LogP contribution in [0, 0.1) is 6.92 Å². The Bertz CT molecular complexity index is 494. The van der Waals surface area contributed by atoms with Gasteiger partial charge in [-0.05, 0) is 36.4 Å². The van der Waals surface area contributed by atoms with Gasteiger partial charge in [0.05, 0.1) is 12.1 Å². The second-order valence-electron chi connectivity index (χ2n) is 4.74. The molecule has 1 unspecified atom stereocenters. The van der Waals surface area contributed by atoms with Crippen molar-refractivity contribution in [1.82, 2.24) is 5.32 Å². The van der Waals surface area contributed by atoms with Crippen molar-refractivity contribution < 1.29 is 5.11 Å². The van der Waals surface area contributed by atoms with Gasteiger partial charge in [-0.15, -0.1) is 11.3 Å². The van der Waals surface area contributed by atoms with E-state index in [1.807, 2.05) is 37.3 Å². The Morgan fingerprint density at radius 1 is 1.22 bits per heavy atom. The van der Waals surface area contributed by atoms with E-state index in [4.69, 9.17) is 0 Å². The van der Waals surface area contributed by atoms with E-state index in [1.54, 1.807) is 11.3 Å². The fraction of sp³-hybridized carbons (Fsp3) is 0.333. The summed E-state index contributed by atoms with van der Waals surface area (Å²) in [6.45, 7) is 5.02. The minimum atomic E-state index is -0.391. The highest BCUT2D eigenvalue weighted by molar-refractivity contribution is 7.10. The number of aliphatic hydroxyl groups excluding tert-OH is 1. The Hall–Kier alpha value is -1.16. The first-order valence-corrected chi connectivity index (χ1v) is 6.98. The standard InChI is InChI=1S/C15H19NOS/c1-12-8-9-18-14(12)10-16-15(2,11-17)13-6-4-3-5-7-13/h3-9,16-17H,10-11H2,1-2H3. The van der Waals surface area contributed by atoms with Crippen molar-refractivity contribution in [3.8, 4) is 0 Å². The molecule has 1 aromatic heterocycles. The van der Waals surface area contributed by atoms with E-state index >= 15 is 0 Å². The van der Waals surface area contributed by atoms with Crippen LogP contribution in [0.2, 0.25) is 0 Å². The third-order valence-electron chi connectivity index (χ3n) is 3.33. The van der Waals surface area contributed by atoms with E-state index < -0.39 is 5.54 Å². The molecule has 0 saturated heterocycles. The van der Waals surface area contributed by atoms with Gasteiger partial charge in [0, 0.05) is 11.4 Å². The molecule has 0 amide bonds. The van der Waals surface area contributed by atoms with Crippen LogP contribution in [-0.2, 0) is 12.1 Å². The summed E-state index contributed by atoms with van der Waals surface area (Å²) >= 11 is 1.75. The molecule has 1 atom stereocenters. The Morgan fingerprint density at radius 2 is 1.94 bits per heavy atom. The van der Waals surface area contributed by atoms with Crippen LogP contribution in [0.25, 0.3) is 0 Å². The van der Waals surface area contributed by atoms with Crippen LogP contribution in [0.5, 0.6) is 0 Å². The Morgan fingerprint density at radius 3 is 2.50 bits per heavy atom. The molecule has 1 heterocycles. The van der Waals surface area contributed by atoms with Gasteiger partial charge in [0.25, 0.3) is 0 Å². The molecule has 0 saturated carbocycles. The van der Waals surface area contributed by atoms with Crippen LogP contribution < -0.4 is 5.32 Å². The second-order valence-corrected chi connectivity index (χ2v) is 5.74. The molecule has 1 aromatic carbocycles. The molecule has 3 heteroatoms. The predicted octanol–water partition coefficient (Wildman–Crippen LogP) is 3.05. The molecule has 2 rings (SSSR count). The largest absolute Gasteiger partial charge is 0.394 e. The van der Waals surface area contributed by atoms with Gasteiger partial charge in [-0.3, -0.25) is 0 Å². The fourth-order valence-electron chi connectivity index (χ4n) is 1.92. The maximum Gasteiger partial charge on any atom is 0.0652 e. The summed E-state index contributed by atoms with van der Waals surface area (Å²) < 4.78 is 0. The lowest BCUT2D eigenvalue weighted by Crippen LogP contribution is -2.42. The first-order valence-electron chi connectivity index (χ1n) is 6.10. The molecule has 96 valence electrons. The van der Waals surface area contributed by atoms with Crippen LogP contribution in [0.4, 0.5) is 0 Å². The quantitative estimate of drug-likeness (QED) is 0.867. The Balaban J connectivity index is 2.12. The van der Waals surface area contributed by atoms with Crippen molar-refractivity contribution in [3.63, 3.8) is 0 Å². The molecule has 18 heavy (non-hydrogen) atoms. The number of aryl methyl sites for hydroxylation is 1. The van der Waals surface area contributed by atoms with Gasteiger partial charge >= 0.3 is 0 Å². The molecule has 0 aliphatic carbocycles. The number of rotatable bonds is 5. The van der Waals surface area contributed by atoms with Crippen molar-refractivity contribution in [2.24, 2.45) is 0 Å². The molecular formula is C15H19NOS. The van der Waals surface area contributed by atoms with E-state index in [0.717, 1.165) is 12.1 Å². The average Bonchev–Trinajstić information content (AvgIpc) is 2.83. The first-order chi connectivity index (χ1) is 8.65. The highest BCUT2D eigenvalue weighted by Gasteiger charge is 2.24. The lowest BCUT2D eigenvalue weighted by molar-refractivity contribution is 0.174. The topological polar surface area (TPSA) is 32.3 Å². The molecule has 0 aliphatic rings. The number of benzene rings is 1. The highest BCUT2D eigenvalue weighted by atomic mass is 32.1. The lowest BCUT2D eigenvalue weighted by Gasteiger charge is -2.29. The molecular weight excluding hydrogens is 242 g/mol. The van der Waals surface area contributed by atoms with E-state index in [1.165, 1.54) is 10.4 Å². The molecule has 2 nitrogen and oxygen atoms in total. The molecule has 0 aliphatic heterocycles. The second kappa shape index (κ2) is 5.65. The van der Waals surface area contributed by atoms with E-state index in [-0.39, 0.29) is 6.61 Å². The fourth-order valence-corrected chi connectivity index (χ4v) is 2.76. The summed E-state index contributed by atoms with van der Waals surface area (Å²) in [6.07, 6.45) is 0. The third kappa shape index (κ3) is 2.80. The van der Waals surface area contributed by atoms with Crippen LogP contribution in [0.1, 0.15) is 22.9 Å². The number of nitrogens with one attached hydrogen (secondary N) is 1. The summed E-state index contributed by atoms with van der Waals surface area (Å²) in [5.74, 6) is 0. The molecule has 2 aromatic rings.